The summed E-state index contributed by atoms with van der Waals surface area (Å²) in [5.74, 6) is 0. The molecule has 0 amide bonds. The normalized spacial score (nSPS) is 18.0. The van der Waals surface area contributed by atoms with Gasteiger partial charge in [0.2, 0.25) is 0 Å². The second kappa shape index (κ2) is 11.4. The molecule has 0 unspecified atom stereocenters. The first kappa shape index (κ1) is 18.8. The van der Waals surface area contributed by atoms with E-state index < -0.39 is 0 Å². The molecule has 5 nitrogen and oxygen atoms in total. The third kappa shape index (κ3) is 10.2. The Morgan fingerprint density at radius 2 is 1.14 bits per heavy atom. The van der Waals surface area contributed by atoms with Crippen LogP contribution in [0.2, 0.25) is 0 Å². The summed E-state index contributed by atoms with van der Waals surface area (Å²) in [6.07, 6.45) is 0. The van der Waals surface area contributed by atoms with Gasteiger partial charge in [0.05, 0.1) is 0 Å². The van der Waals surface area contributed by atoms with Crippen molar-refractivity contribution in [1.82, 2.24) is 25.8 Å². The van der Waals surface area contributed by atoms with Gasteiger partial charge in [-0.3, -0.25) is 9.80 Å². The van der Waals surface area contributed by atoms with Crippen LogP contribution in [0, 0.1) is 0 Å². The second-order valence-electron chi connectivity index (χ2n) is 6.65. The highest BCUT2D eigenvalue weighted by molar-refractivity contribution is 4.73. The number of hydrogen-bond donors (Lipinski definition) is 3. The molecule has 1 heterocycles. The van der Waals surface area contributed by atoms with Crippen molar-refractivity contribution in [3.63, 3.8) is 0 Å². The van der Waals surface area contributed by atoms with Crippen molar-refractivity contribution in [2.75, 3.05) is 65.4 Å². The molecule has 0 aromatic carbocycles. The minimum absolute atomic E-state index is 0.588. The van der Waals surface area contributed by atoms with Crippen molar-refractivity contribution in [1.29, 1.82) is 0 Å². The highest BCUT2D eigenvalue weighted by atomic mass is 15.3. The smallest absolute Gasteiger partial charge is 0.0110 e. The zero-order valence-corrected chi connectivity index (χ0v) is 14.6. The summed E-state index contributed by atoms with van der Waals surface area (Å²) in [6, 6.07) is 1.19. The third-order valence-electron chi connectivity index (χ3n) is 3.90. The highest BCUT2D eigenvalue weighted by Crippen LogP contribution is 2.00. The topological polar surface area (TPSA) is 42.6 Å². The van der Waals surface area contributed by atoms with Gasteiger partial charge in [0, 0.05) is 77.5 Å². The molecule has 1 aliphatic heterocycles. The summed E-state index contributed by atoms with van der Waals surface area (Å²) in [7, 11) is 0. The SMILES string of the molecule is CC(C)NCCNCCN1CCN(CCNC(C)C)CC1. The molecular weight excluding hydrogens is 262 g/mol. The van der Waals surface area contributed by atoms with Crippen LogP contribution in [-0.2, 0) is 0 Å². The van der Waals surface area contributed by atoms with Gasteiger partial charge >= 0.3 is 0 Å². The summed E-state index contributed by atoms with van der Waals surface area (Å²) in [5.41, 5.74) is 0. The Hall–Kier alpha value is -0.200. The molecule has 0 aromatic heterocycles. The van der Waals surface area contributed by atoms with Crippen LogP contribution in [0.25, 0.3) is 0 Å². The van der Waals surface area contributed by atoms with Crippen LogP contribution in [0.3, 0.4) is 0 Å². The van der Waals surface area contributed by atoms with Crippen molar-refractivity contribution >= 4 is 0 Å². The van der Waals surface area contributed by atoms with E-state index in [2.05, 4.69) is 53.4 Å². The zero-order valence-electron chi connectivity index (χ0n) is 14.6. The van der Waals surface area contributed by atoms with Crippen molar-refractivity contribution in [2.24, 2.45) is 0 Å². The maximum Gasteiger partial charge on any atom is 0.0110 e. The average Bonchev–Trinajstić information content (AvgIpc) is 2.43. The zero-order chi connectivity index (χ0) is 15.5. The first-order valence-corrected chi connectivity index (χ1v) is 8.70. The fourth-order valence-electron chi connectivity index (χ4n) is 2.56. The molecule has 0 aliphatic carbocycles. The van der Waals surface area contributed by atoms with Crippen LogP contribution in [-0.4, -0.2) is 87.3 Å². The highest BCUT2D eigenvalue weighted by Gasteiger charge is 2.15. The fourth-order valence-corrected chi connectivity index (χ4v) is 2.56. The first-order valence-electron chi connectivity index (χ1n) is 8.70. The third-order valence-corrected chi connectivity index (χ3v) is 3.90. The molecular formula is C16H37N5. The van der Waals surface area contributed by atoms with E-state index in [-0.39, 0.29) is 0 Å². The molecule has 1 aliphatic rings. The molecule has 3 N–H and O–H groups in total. The minimum atomic E-state index is 0.588. The van der Waals surface area contributed by atoms with E-state index in [4.69, 9.17) is 0 Å². The lowest BCUT2D eigenvalue weighted by Crippen LogP contribution is -2.49. The van der Waals surface area contributed by atoms with E-state index in [0.717, 1.165) is 26.2 Å². The van der Waals surface area contributed by atoms with Gasteiger partial charge in [-0.15, -0.1) is 0 Å². The Labute approximate surface area is 131 Å². The maximum absolute atomic E-state index is 3.52. The van der Waals surface area contributed by atoms with Crippen molar-refractivity contribution in [3.8, 4) is 0 Å². The molecule has 1 rings (SSSR count). The van der Waals surface area contributed by atoms with Crippen molar-refractivity contribution in [2.45, 2.75) is 39.8 Å². The second-order valence-corrected chi connectivity index (χ2v) is 6.65. The van der Waals surface area contributed by atoms with Gasteiger partial charge < -0.3 is 16.0 Å². The van der Waals surface area contributed by atoms with Crippen molar-refractivity contribution in [3.05, 3.63) is 0 Å². The number of hydrogen-bond acceptors (Lipinski definition) is 5. The molecule has 0 spiro atoms. The summed E-state index contributed by atoms with van der Waals surface area (Å²) in [4.78, 5) is 5.15. The quantitative estimate of drug-likeness (QED) is 0.475. The molecule has 21 heavy (non-hydrogen) atoms. The summed E-state index contributed by atoms with van der Waals surface area (Å²) in [6.45, 7) is 20.4. The van der Waals surface area contributed by atoms with Gasteiger partial charge in [0.25, 0.3) is 0 Å². The van der Waals surface area contributed by atoms with Crippen LogP contribution in [0.1, 0.15) is 27.7 Å². The Kier molecular flexibility index (Phi) is 10.2. The van der Waals surface area contributed by atoms with Gasteiger partial charge in [-0.1, -0.05) is 27.7 Å². The van der Waals surface area contributed by atoms with Crippen LogP contribution < -0.4 is 16.0 Å². The van der Waals surface area contributed by atoms with E-state index >= 15 is 0 Å². The Balaban J connectivity index is 1.93. The van der Waals surface area contributed by atoms with Crippen molar-refractivity contribution < 1.29 is 0 Å². The molecule has 0 atom stereocenters. The molecule has 0 aromatic rings. The monoisotopic (exact) mass is 299 g/mol. The predicted molar refractivity (Wildman–Crippen MR) is 92.0 cm³/mol. The van der Waals surface area contributed by atoms with Crippen LogP contribution in [0.4, 0.5) is 0 Å². The Morgan fingerprint density at radius 1 is 0.667 bits per heavy atom. The first-order chi connectivity index (χ1) is 10.1. The van der Waals surface area contributed by atoms with E-state index in [1.165, 1.54) is 39.3 Å². The van der Waals surface area contributed by atoms with E-state index in [1.54, 1.807) is 0 Å². The lowest BCUT2D eigenvalue weighted by Gasteiger charge is -2.34. The molecule has 1 fully saturated rings. The average molecular weight is 300 g/mol. The lowest BCUT2D eigenvalue weighted by molar-refractivity contribution is 0.133. The van der Waals surface area contributed by atoms with Gasteiger partial charge in [-0.05, 0) is 0 Å². The van der Waals surface area contributed by atoms with Crippen LogP contribution in [0.5, 0.6) is 0 Å². The summed E-state index contributed by atoms with van der Waals surface area (Å²) < 4.78 is 0. The molecule has 5 heteroatoms. The van der Waals surface area contributed by atoms with Gasteiger partial charge in [0.1, 0.15) is 0 Å². The predicted octanol–water partition coefficient (Wildman–Crippen LogP) is 0.190. The van der Waals surface area contributed by atoms with E-state index in [9.17, 15) is 0 Å². The number of rotatable bonds is 11. The molecule has 0 bridgehead atoms. The lowest BCUT2D eigenvalue weighted by atomic mass is 10.3. The van der Waals surface area contributed by atoms with Gasteiger partial charge in [-0.2, -0.15) is 0 Å². The molecule has 0 saturated carbocycles. The number of piperazine rings is 1. The Bertz CT molecular complexity index is 234. The summed E-state index contributed by atoms with van der Waals surface area (Å²) in [5, 5.41) is 10.4. The minimum Gasteiger partial charge on any atom is -0.314 e. The molecule has 126 valence electrons. The van der Waals surface area contributed by atoms with Crippen LogP contribution in [0.15, 0.2) is 0 Å². The number of nitrogens with zero attached hydrogens (tertiary/aromatic N) is 2. The van der Waals surface area contributed by atoms with Crippen LogP contribution >= 0.6 is 0 Å². The standard InChI is InChI=1S/C16H37N5/c1-15(2)18-6-5-17-7-9-20-11-13-21(14-12-20)10-8-19-16(3)4/h15-19H,5-14H2,1-4H3. The van der Waals surface area contributed by atoms with E-state index in [0.29, 0.717) is 12.1 Å². The molecule has 0 radical (unpaired) electrons. The number of nitrogens with one attached hydrogen (secondary N) is 3. The maximum atomic E-state index is 3.52. The molecule has 1 saturated heterocycles. The fraction of sp³-hybridized carbons (Fsp3) is 1.00. The Morgan fingerprint density at radius 3 is 1.67 bits per heavy atom. The summed E-state index contributed by atoms with van der Waals surface area (Å²) >= 11 is 0. The van der Waals surface area contributed by atoms with Gasteiger partial charge in [0.15, 0.2) is 0 Å². The van der Waals surface area contributed by atoms with Gasteiger partial charge in [-0.25, -0.2) is 0 Å². The largest absolute Gasteiger partial charge is 0.314 e. The van der Waals surface area contributed by atoms with E-state index in [1.807, 2.05) is 0 Å².